The number of benzene rings is 2. The van der Waals surface area contributed by atoms with Gasteiger partial charge < -0.3 is 15.2 Å². The highest BCUT2D eigenvalue weighted by atomic mass is 16.5. The Bertz CT molecular complexity index is 610. The van der Waals surface area contributed by atoms with Crippen LogP contribution in [0.4, 0.5) is 0 Å². The molecule has 122 valence electrons. The molecule has 2 aromatic carbocycles. The lowest BCUT2D eigenvalue weighted by Gasteiger charge is -2.18. The van der Waals surface area contributed by atoms with Gasteiger partial charge in [-0.15, -0.1) is 0 Å². The summed E-state index contributed by atoms with van der Waals surface area (Å²) in [4.78, 5) is 11.4. The van der Waals surface area contributed by atoms with Crippen LogP contribution in [0, 0.1) is 0 Å². The number of methoxy groups -OCH3 is 1. The van der Waals surface area contributed by atoms with Crippen LogP contribution in [0.5, 0.6) is 0 Å². The second-order valence-electron chi connectivity index (χ2n) is 5.63. The van der Waals surface area contributed by atoms with Gasteiger partial charge in [0.1, 0.15) is 0 Å². The van der Waals surface area contributed by atoms with E-state index in [0.29, 0.717) is 18.5 Å². The van der Waals surface area contributed by atoms with Crippen LogP contribution in [-0.2, 0) is 11.3 Å². The topological polar surface area (TPSA) is 58.6 Å². The minimum absolute atomic E-state index is 0.172. The molecule has 0 saturated carbocycles. The molecule has 0 bridgehead atoms. The van der Waals surface area contributed by atoms with Crippen molar-refractivity contribution in [2.75, 3.05) is 7.11 Å². The van der Waals surface area contributed by atoms with Crippen molar-refractivity contribution >= 4 is 5.97 Å². The van der Waals surface area contributed by atoms with E-state index in [-0.39, 0.29) is 12.0 Å². The van der Waals surface area contributed by atoms with Gasteiger partial charge in [-0.3, -0.25) is 0 Å². The molecule has 0 fully saturated rings. The summed E-state index contributed by atoms with van der Waals surface area (Å²) in [6.07, 6.45) is 0.171. The van der Waals surface area contributed by atoms with Crippen molar-refractivity contribution in [1.29, 1.82) is 0 Å². The molecule has 0 heterocycles. The molecule has 0 aliphatic rings. The van der Waals surface area contributed by atoms with Crippen molar-refractivity contribution in [2.24, 2.45) is 0 Å². The number of rotatable bonds is 7. The zero-order valence-corrected chi connectivity index (χ0v) is 13.5. The SMILES string of the molecule is COC(=O)c1ccc(CNC(C)CC(O)c2ccccc2)cc1. The van der Waals surface area contributed by atoms with Gasteiger partial charge in [0, 0.05) is 12.6 Å². The summed E-state index contributed by atoms with van der Waals surface area (Å²) in [6.45, 7) is 2.74. The number of aliphatic hydroxyl groups excluding tert-OH is 1. The third-order valence-electron chi connectivity index (χ3n) is 3.79. The van der Waals surface area contributed by atoms with Crippen LogP contribution in [0.15, 0.2) is 54.6 Å². The average molecular weight is 313 g/mol. The predicted octanol–water partition coefficient (Wildman–Crippen LogP) is 3.08. The first-order chi connectivity index (χ1) is 11.1. The van der Waals surface area contributed by atoms with Crippen LogP contribution in [0.25, 0.3) is 0 Å². The van der Waals surface area contributed by atoms with Crippen LogP contribution in [0.2, 0.25) is 0 Å². The molecule has 0 radical (unpaired) electrons. The summed E-state index contributed by atoms with van der Waals surface area (Å²) >= 11 is 0. The highest BCUT2D eigenvalue weighted by Crippen LogP contribution is 2.18. The minimum atomic E-state index is -0.472. The van der Waals surface area contributed by atoms with Gasteiger partial charge in [0.05, 0.1) is 18.8 Å². The van der Waals surface area contributed by atoms with Crippen LogP contribution in [-0.4, -0.2) is 24.2 Å². The van der Waals surface area contributed by atoms with E-state index >= 15 is 0 Å². The molecule has 2 rings (SSSR count). The minimum Gasteiger partial charge on any atom is -0.465 e. The molecule has 0 spiro atoms. The summed E-state index contributed by atoms with van der Waals surface area (Å²) in [5, 5.41) is 13.6. The maximum absolute atomic E-state index is 11.4. The fourth-order valence-electron chi connectivity index (χ4n) is 2.40. The standard InChI is InChI=1S/C19H23NO3/c1-14(12-18(21)16-6-4-3-5-7-16)20-13-15-8-10-17(11-9-15)19(22)23-2/h3-11,14,18,20-21H,12-13H2,1-2H3. The second kappa shape index (κ2) is 8.46. The van der Waals surface area contributed by atoms with Crippen molar-refractivity contribution in [3.63, 3.8) is 0 Å². The van der Waals surface area contributed by atoms with Crippen molar-refractivity contribution in [3.05, 3.63) is 71.3 Å². The Labute approximate surface area is 137 Å². The Morgan fingerprint density at radius 2 is 1.78 bits per heavy atom. The molecular weight excluding hydrogens is 290 g/mol. The van der Waals surface area contributed by atoms with Crippen molar-refractivity contribution in [3.8, 4) is 0 Å². The monoisotopic (exact) mass is 313 g/mol. The smallest absolute Gasteiger partial charge is 0.337 e. The van der Waals surface area contributed by atoms with E-state index in [1.54, 1.807) is 12.1 Å². The average Bonchev–Trinajstić information content (AvgIpc) is 2.60. The Hall–Kier alpha value is -2.17. The van der Waals surface area contributed by atoms with E-state index in [1.807, 2.05) is 42.5 Å². The molecule has 2 atom stereocenters. The van der Waals surface area contributed by atoms with E-state index in [4.69, 9.17) is 0 Å². The summed E-state index contributed by atoms with van der Waals surface area (Å²) in [6, 6.07) is 17.2. The molecule has 0 saturated heterocycles. The van der Waals surface area contributed by atoms with E-state index in [1.165, 1.54) is 7.11 Å². The molecule has 0 aromatic heterocycles. The lowest BCUT2D eigenvalue weighted by Crippen LogP contribution is -2.27. The number of nitrogens with one attached hydrogen (secondary N) is 1. The van der Waals surface area contributed by atoms with Crippen LogP contribution < -0.4 is 5.32 Å². The molecule has 0 aliphatic carbocycles. The Morgan fingerprint density at radius 1 is 1.13 bits per heavy atom. The molecule has 2 N–H and O–H groups in total. The molecule has 2 unspecified atom stereocenters. The molecule has 4 nitrogen and oxygen atoms in total. The second-order valence-corrected chi connectivity index (χ2v) is 5.63. The van der Waals surface area contributed by atoms with Gasteiger partial charge in [0.15, 0.2) is 0 Å². The van der Waals surface area contributed by atoms with Gasteiger partial charge in [-0.1, -0.05) is 42.5 Å². The zero-order valence-electron chi connectivity index (χ0n) is 13.5. The van der Waals surface area contributed by atoms with Crippen LogP contribution in [0.1, 0.15) is 40.9 Å². The maximum atomic E-state index is 11.4. The lowest BCUT2D eigenvalue weighted by atomic mass is 10.0. The molecule has 0 amide bonds. The summed E-state index contributed by atoms with van der Waals surface area (Å²) < 4.78 is 4.68. The zero-order chi connectivity index (χ0) is 16.7. The first-order valence-corrected chi connectivity index (χ1v) is 7.74. The summed E-state index contributed by atoms with van der Waals surface area (Å²) in [7, 11) is 1.37. The molecule has 4 heteroatoms. The molecule has 2 aromatic rings. The third kappa shape index (κ3) is 5.20. The number of ether oxygens (including phenoxy) is 1. The molecule has 0 aliphatic heterocycles. The fourth-order valence-corrected chi connectivity index (χ4v) is 2.40. The van der Waals surface area contributed by atoms with E-state index in [0.717, 1.165) is 11.1 Å². The Morgan fingerprint density at radius 3 is 2.39 bits per heavy atom. The highest BCUT2D eigenvalue weighted by Gasteiger charge is 2.12. The number of aliphatic hydroxyl groups is 1. The molecular formula is C19H23NO3. The molecule has 23 heavy (non-hydrogen) atoms. The normalized spacial score (nSPS) is 13.3. The first kappa shape index (κ1) is 17.2. The number of carbonyl (C=O) groups is 1. The van der Waals surface area contributed by atoms with E-state index < -0.39 is 6.10 Å². The third-order valence-corrected chi connectivity index (χ3v) is 3.79. The summed E-state index contributed by atoms with van der Waals surface area (Å²) in [5.41, 5.74) is 2.56. The number of hydrogen-bond acceptors (Lipinski definition) is 4. The van der Waals surface area contributed by atoms with Gasteiger partial charge in [-0.25, -0.2) is 4.79 Å². The van der Waals surface area contributed by atoms with Gasteiger partial charge >= 0.3 is 5.97 Å². The van der Waals surface area contributed by atoms with Crippen LogP contribution >= 0.6 is 0 Å². The van der Waals surface area contributed by atoms with Gasteiger partial charge in [0.25, 0.3) is 0 Å². The van der Waals surface area contributed by atoms with E-state index in [9.17, 15) is 9.90 Å². The van der Waals surface area contributed by atoms with Crippen molar-refractivity contribution in [2.45, 2.75) is 32.0 Å². The quantitative estimate of drug-likeness (QED) is 0.771. The van der Waals surface area contributed by atoms with E-state index in [2.05, 4.69) is 17.0 Å². The highest BCUT2D eigenvalue weighted by molar-refractivity contribution is 5.89. The largest absolute Gasteiger partial charge is 0.465 e. The number of carbonyl (C=O) groups excluding carboxylic acids is 1. The predicted molar refractivity (Wildman–Crippen MR) is 90.1 cm³/mol. The van der Waals surface area contributed by atoms with Gasteiger partial charge in [-0.2, -0.15) is 0 Å². The summed E-state index contributed by atoms with van der Waals surface area (Å²) in [5.74, 6) is -0.330. The maximum Gasteiger partial charge on any atom is 0.337 e. The van der Waals surface area contributed by atoms with Crippen molar-refractivity contribution in [1.82, 2.24) is 5.32 Å². The van der Waals surface area contributed by atoms with Crippen LogP contribution in [0.3, 0.4) is 0 Å². The van der Waals surface area contributed by atoms with Crippen molar-refractivity contribution < 1.29 is 14.6 Å². The first-order valence-electron chi connectivity index (χ1n) is 7.74. The Kier molecular flexibility index (Phi) is 6.32. The lowest BCUT2D eigenvalue weighted by molar-refractivity contribution is 0.0600. The van der Waals surface area contributed by atoms with Gasteiger partial charge in [0.2, 0.25) is 0 Å². The Balaban J connectivity index is 1.82. The number of esters is 1. The number of hydrogen-bond donors (Lipinski definition) is 2. The fraction of sp³-hybridized carbons (Fsp3) is 0.316. The van der Waals surface area contributed by atoms with Gasteiger partial charge in [-0.05, 0) is 36.6 Å².